The van der Waals surface area contributed by atoms with Crippen molar-refractivity contribution in [3.8, 4) is 16.9 Å². The van der Waals surface area contributed by atoms with Crippen LogP contribution in [0.25, 0.3) is 22.3 Å². The standard InChI is InChI=1S/C12H6Cl2N4O2/c13-6-3-7(14)17-4-5(6)8-10(19)9-11(18-12(8)20)16-2-1-15-9/h1-4H,(H2,16,18,19,20). The van der Waals surface area contributed by atoms with Crippen molar-refractivity contribution in [1.82, 2.24) is 19.9 Å². The van der Waals surface area contributed by atoms with Crippen molar-refractivity contribution >= 4 is 34.4 Å². The Hall–Kier alpha value is -2.18. The number of aromatic nitrogens is 4. The maximum absolute atomic E-state index is 12.1. The number of aromatic amines is 1. The maximum Gasteiger partial charge on any atom is 0.261 e. The minimum atomic E-state index is -0.540. The molecule has 20 heavy (non-hydrogen) atoms. The number of halogens is 2. The van der Waals surface area contributed by atoms with Crippen molar-refractivity contribution in [2.75, 3.05) is 0 Å². The fourth-order valence-corrected chi connectivity index (χ4v) is 2.30. The molecule has 6 nitrogen and oxygen atoms in total. The summed E-state index contributed by atoms with van der Waals surface area (Å²) >= 11 is 11.7. The number of hydrogen-bond acceptors (Lipinski definition) is 5. The molecule has 2 N–H and O–H groups in total. The molecule has 3 aromatic heterocycles. The summed E-state index contributed by atoms with van der Waals surface area (Å²) in [4.78, 5) is 26.4. The summed E-state index contributed by atoms with van der Waals surface area (Å²) in [6.07, 6.45) is 4.14. The van der Waals surface area contributed by atoms with Gasteiger partial charge in [0.25, 0.3) is 5.56 Å². The third-order valence-corrected chi connectivity index (χ3v) is 3.23. The van der Waals surface area contributed by atoms with Crippen LogP contribution in [-0.4, -0.2) is 25.0 Å². The second-order valence-electron chi connectivity index (χ2n) is 3.92. The highest BCUT2D eigenvalue weighted by Gasteiger charge is 2.18. The van der Waals surface area contributed by atoms with Gasteiger partial charge in [0.2, 0.25) is 0 Å². The van der Waals surface area contributed by atoms with Crippen LogP contribution in [0.2, 0.25) is 10.2 Å². The molecule has 100 valence electrons. The van der Waals surface area contributed by atoms with Crippen molar-refractivity contribution in [1.29, 1.82) is 0 Å². The molecule has 0 spiro atoms. The molecule has 0 unspecified atom stereocenters. The Morgan fingerprint density at radius 2 is 1.90 bits per heavy atom. The van der Waals surface area contributed by atoms with E-state index in [-0.39, 0.29) is 38.2 Å². The van der Waals surface area contributed by atoms with Crippen LogP contribution in [0.3, 0.4) is 0 Å². The molecule has 0 aliphatic heterocycles. The summed E-state index contributed by atoms with van der Waals surface area (Å²) < 4.78 is 0. The molecular weight excluding hydrogens is 303 g/mol. The quantitative estimate of drug-likeness (QED) is 0.673. The minimum Gasteiger partial charge on any atom is -0.505 e. The van der Waals surface area contributed by atoms with Crippen molar-refractivity contribution in [2.24, 2.45) is 0 Å². The molecule has 0 fully saturated rings. The van der Waals surface area contributed by atoms with Gasteiger partial charge in [0.05, 0.1) is 10.6 Å². The van der Waals surface area contributed by atoms with E-state index in [1.54, 1.807) is 0 Å². The molecule has 3 heterocycles. The lowest BCUT2D eigenvalue weighted by molar-refractivity contribution is 0.481. The Labute approximate surface area is 122 Å². The smallest absolute Gasteiger partial charge is 0.261 e. The Kier molecular flexibility index (Phi) is 3.04. The third kappa shape index (κ3) is 1.99. The number of rotatable bonds is 1. The molecule has 3 rings (SSSR count). The maximum atomic E-state index is 12.1. The molecule has 0 atom stereocenters. The van der Waals surface area contributed by atoms with Crippen LogP contribution in [0.1, 0.15) is 0 Å². The lowest BCUT2D eigenvalue weighted by atomic mass is 10.1. The molecule has 8 heteroatoms. The zero-order valence-corrected chi connectivity index (χ0v) is 11.3. The van der Waals surface area contributed by atoms with Gasteiger partial charge in [-0.2, -0.15) is 0 Å². The first-order valence-corrected chi connectivity index (χ1v) is 6.21. The zero-order valence-electron chi connectivity index (χ0n) is 9.76. The highest BCUT2D eigenvalue weighted by atomic mass is 35.5. The second-order valence-corrected chi connectivity index (χ2v) is 4.71. The molecule has 0 bridgehead atoms. The van der Waals surface area contributed by atoms with E-state index >= 15 is 0 Å². The fourth-order valence-electron chi connectivity index (χ4n) is 1.84. The lowest BCUT2D eigenvalue weighted by Gasteiger charge is -2.07. The van der Waals surface area contributed by atoms with Crippen molar-refractivity contribution < 1.29 is 5.11 Å². The van der Waals surface area contributed by atoms with Gasteiger partial charge in [-0.25, -0.2) is 15.0 Å². The second kappa shape index (κ2) is 4.73. The van der Waals surface area contributed by atoms with E-state index in [0.29, 0.717) is 0 Å². The van der Waals surface area contributed by atoms with E-state index in [2.05, 4.69) is 19.9 Å². The number of hydrogen-bond donors (Lipinski definition) is 2. The van der Waals surface area contributed by atoms with Crippen LogP contribution in [0, 0.1) is 0 Å². The average molecular weight is 309 g/mol. The van der Waals surface area contributed by atoms with E-state index in [0.717, 1.165) is 0 Å². The molecule has 0 aliphatic rings. The van der Waals surface area contributed by atoms with Gasteiger partial charge in [0.15, 0.2) is 11.4 Å². The first-order valence-electron chi connectivity index (χ1n) is 5.45. The van der Waals surface area contributed by atoms with E-state index in [1.165, 1.54) is 24.7 Å². The predicted octanol–water partition coefficient (Wildman–Crippen LogP) is 2.39. The molecule has 0 aliphatic carbocycles. The fraction of sp³-hybridized carbons (Fsp3) is 0. The monoisotopic (exact) mass is 308 g/mol. The molecule has 0 saturated carbocycles. The molecule has 0 aromatic carbocycles. The van der Waals surface area contributed by atoms with Gasteiger partial charge in [0, 0.05) is 24.2 Å². The van der Waals surface area contributed by atoms with Crippen LogP contribution in [0.5, 0.6) is 5.75 Å². The molecule has 0 amide bonds. The van der Waals surface area contributed by atoms with E-state index in [9.17, 15) is 9.90 Å². The van der Waals surface area contributed by atoms with Gasteiger partial charge >= 0.3 is 0 Å². The topological polar surface area (TPSA) is 91.8 Å². The van der Waals surface area contributed by atoms with Crippen LogP contribution < -0.4 is 5.56 Å². The normalized spacial score (nSPS) is 10.9. The first-order chi connectivity index (χ1) is 9.58. The SMILES string of the molecule is O=c1[nH]c2nccnc2c(O)c1-c1cnc(Cl)cc1Cl. The van der Waals surface area contributed by atoms with E-state index in [1.807, 2.05) is 0 Å². The number of H-pyrrole nitrogens is 1. The molecular formula is C12H6Cl2N4O2. The number of pyridine rings is 2. The number of fused-ring (bicyclic) bond motifs is 1. The summed E-state index contributed by atoms with van der Waals surface area (Å²) in [5.41, 5.74) is 0.0703. The van der Waals surface area contributed by atoms with Crippen LogP contribution in [-0.2, 0) is 0 Å². The number of nitrogens with zero attached hydrogens (tertiary/aromatic N) is 3. The van der Waals surface area contributed by atoms with Crippen LogP contribution >= 0.6 is 23.2 Å². The predicted molar refractivity (Wildman–Crippen MR) is 75.1 cm³/mol. The van der Waals surface area contributed by atoms with Gasteiger partial charge in [-0.05, 0) is 6.07 Å². The van der Waals surface area contributed by atoms with E-state index in [4.69, 9.17) is 23.2 Å². The van der Waals surface area contributed by atoms with Crippen molar-refractivity contribution in [3.63, 3.8) is 0 Å². The van der Waals surface area contributed by atoms with Crippen molar-refractivity contribution in [2.45, 2.75) is 0 Å². The summed E-state index contributed by atoms with van der Waals surface area (Å²) in [6, 6.07) is 1.39. The van der Waals surface area contributed by atoms with Crippen molar-refractivity contribution in [3.05, 3.63) is 45.2 Å². The highest BCUT2D eigenvalue weighted by Crippen LogP contribution is 2.34. The minimum absolute atomic E-state index is 0.0211. The van der Waals surface area contributed by atoms with Crippen LogP contribution in [0.4, 0.5) is 0 Å². The Morgan fingerprint density at radius 1 is 1.15 bits per heavy atom. The zero-order chi connectivity index (χ0) is 14.3. The van der Waals surface area contributed by atoms with Gasteiger partial charge < -0.3 is 10.1 Å². The Balaban J connectivity index is 2.39. The summed E-state index contributed by atoms with van der Waals surface area (Å²) in [5, 5.41) is 10.6. The largest absolute Gasteiger partial charge is 0.505 e. The van der Waals surface area contributed by atoms with Crippen LogP contribution in [0.15, 0.2) is 29.5 Å². The summed E-state index contributed by atoms with van der Waals surface area (Å²) in [7, 11) is 0. The van der Waals surface area contributed by atoms with Gasteiger partial charge in [-0.15, -0.1) is 0 Å². The lowest BCUT2D eigenvalue weighted by Crippen LogP contribution is -2.11. The molecule has 3 aromatic rings. The highest BCUT2D eigenvalue weighted by molar-refractivity contribution is 6.35. The van der Waals surface area contributed by atoms with Gasteiger partial charge in [-0.3, -0.25) is 4.79 Å². The van der Waals surface area contributed by atoms with Gasteiger partial charge in [-0.1, -0.05) is 23.2 Å². The van der Waals surface area contributed by atoms with E-state index < -0.39 is 5.56 Å². The van der Waals surface area contributed by atoms with Gasteiger partial charge in [0.1, 0.15) is 10.7 Å². The molecule has 0 saturated heterocycles. The molecule has 0 radical (unpaired) electrons. The average Bonchev–Trinajstić information content (AvgIpc) is 2.41. The Bertz CT molecular complexity index is 879. The number of nitrogens with one attached hydrogen (secondary N) is 1. The Morgan fingerprint density at radius 3 is 2.65 bits per heavy atom. The first kappa shape index (κ1) is 12.8. The summed E-state index contributed by atoms with van der Waals surface area (Å²) in [5.74, 6) is -0.303. The number of aromatic hydroxyl groups is 1. The summed E-state index contributed by atoms with van der Waals surface area (Å²) in [6.45, 7) is 0. The third-order valence-electron chi connectivity index (χ3n) is 2.71.